The number of hydrogen-bond acceptors (Lipinski definition) is 8. The van der Waals surface area contributed by atoms with Crippen LogP contribution in [-0.4, -0.2) is 34.7 Å². The molecule has 2 aromatic carbocycles. The number of nitrogen functional groups attached to an aromatic ring is 1. The zero-order valence-electron chi connectivity index (χ0n) is 15.6. The van der Waals surface area contributed by atoms with Crippen LogP contribution in [0.2, 0.25) is 0 Å². The van der Waals surface area contributed by atoms with E-state index in [1.165, 1.54) is 7.11 Å². The number of carbonyl (C=O) groups excluding carboxylic acids is 1. The Kier molecular flexibility index (Phi) is 4.77. The number of oxime groups is 1. The number of carbonyl (C=O) groups is 1. The van der Waals surface area contributed by atoms with Gasteiger partial charge in [0.25, 0.3) is 5.60 Å². The van der Waals surface area contributed by atoms with Gasteiger partial charge in [-0.05, 0) is 12.1 Å². The molecule has 0 saturated heterocycles. The first kappa shape index (κ1) is 18.7. The van der Waals surface area contributed by atoms with E-state index in [-0.39, 0.29) is 12.2 Å². The average molecular weight is 393 g/mol. The number of rotatable bonds is 5. The van der Waals surface area contributed by atoms with E-state index in [4.69, 9.17) is 19.8 Å². The molecule has 0 saturated carbocycles. The van der Waals surface area contributed by atoms with Gasteiger partial charge >= 0.3 is 5.97 Å². The highest BCUT2D eigenvalue weighted by Crippen LogP contribution is 2.40. The fraction of sp³-hybridized carbons (Fsp3) is 0.190. The highest BCUT2D eigenvalue weighted by molar-refractivity contribution is 6.05. The van der Waals surface area contributed by atoms with E-state index in [1.807, 2.05) is 30.3 Å². The molecule has 1 aromatic heterocycles. The molecule has 0 radical (unpaired) electrons. The molecule has 29 heavy (non-hydrogen) atoms. The Balaban J connectivity index is 1.65. The second-order valence-electron chi connectivity index (χ2n) is 6.70. The van der Waals surface area contributed by atoms with Gasteiger partial charge in [-0.15, -0.1) is 0 Å². The van der Waals surface area contributed by atoms with E-state index in [1.54, 1.807) is 30.3 Å². The normalized spacial score (nSPS) is 19.3. The number of nitrogens with zero attached hydrogens (tertiary/aromatic N) is 2. The zero-order chi connectivity index (χ0) is 20.4. The first-order chi connectivity index (χ1) is 14.0. The van der Waals surface area contributed by atoms with E-state index < -0.39 is 17.7 Å². The van der Waals surface area contributed by atoms with Crippen LogP contribution in [0.1, 0.15) is 23.8 Å². The van der Waals surface area contributed by atoms with Crippen LogP contribution in [0.15, 0.2) is 70.3 Å². The van der Waals surface area contributed by atoms with Crippen molar-refractivity contribution in [1.29, 1.82) is 0 Å². The summed E-state index contributed by atoms with van der Waals surface area (Å²) in [5.74, 6) is -0.705. The maximum atomic E-state index is 12.6. The SMILES string of the molecule is COC(=O)C1(C(O)c2cc(-c3ccccc3)no2)CC(c2cccc(N)c2)=NO1. The van der Waals surface area contributed by atoms with Crippen LogP contribution in [-0.2, 0) is 14.4 Å². The Morgan fingerprint density at radius 3 is 2.66 bits per heavy atom. The Bertz CT molecular complexity index is 1060. The van der Waals surface area contributed by atoms with Gasteiger partial charge < -0.3 is 24.9 Å². The minimum absolute atomic E-state index is 0.0222. The van der Waals surface area contributed by atoms with Crippen LogP contribution >= 0.6 is 0 Å². The number of ether oxygens (including phenoxy) is 1. The number of aromatic nitrogens is 1. The van der Waals surface area contributed by atoms with Crippen LogP contribution in [0.4, 0.5) is 5.69 Å². The number of methoxy groups -OCH3 is 1. The first-order valence-corrected chi connectivity index (χ1v) is 8.93. The molecule has 1 aliphatic heterocycles. The number of esters is 1. The number of hydrogen-bond donors (Lipinski definition) is 2. The number of aliphatic hydroxyl groups excluding tert-OH is 1. The van der Waals surface area contributed by atoms with Gasteiger partial charge in [0.2, 0.25) is 0 Å². The summed E-state index contributed by atoms with van der Waals surface area (Å²) in [7, 11) is 1.22. The molecular weight excluding hydrogens is 374 g/mol. The van der Waals surface area contributed by atoms with Gasteiger partial charge in [-0.2, -0.15) is 0 Å². The van der Waals surface area contributed by atoms with E-state index in [0.29, 0.717) is 22.7 Å². The van der Waals surface area contributed by atoms with Gasteiger partial charge in [0, 0.05) is 22.9 Å². The quantitative estimate of drug-likeness (QED) is 0.505. The second-order valence-corrected chi connectivity index (χ2v) is 6.70. The lowest BCUT2D eigenvalue weighted by Crippen LogP contribution is -2.45. The molecule has 8 nitrogen and oxygen atoms in total. The van der Waals surface area contributed by atoms with Crippen molar-refractivity contribution < 1.29 is 24.0 Å². The zero-order valence-corrected chi connectivity index (χ0v) is 15.6. The van der Waals surface area contributed by atoms with Gasteiger partial charge in [-0.25, -0.2) is 4.79 Å². The second kappa shape index (κ2) is 7.40. The van der Waals surface area contributed by atoms with E-state index in [2.05, 4.69) is 10.3 Å². The molecular formula is C21H19N3O5. The predicted octanol–water partition coefficient (Wildman–Crippen LogP) is 2.69. The minimum Gasteiger partial charge on any atom is -0.466 e. The molecule has 3 N–H and O–H groups in total. The van der Waals surface area contributed by atoms with Crippen molar-refractivity contribution in [1.82, 2.24) is 5.16 Å². The summed E-state index contributed by atoms with van der Waals surface area (Å²) in [5.41, 5.74) is 7.07. The minimum atomic E-state index is -1.79. The largest absolute Gasteiger partial charge is 0.466 e. The average Bonchev–Trinajstić information content (AvgIpc) is 3.42. The van der Waals surface area contributed by atoms with Crippen LogP contribution < -0.4 is 5.73 Å². The molecule has 8 heteroatoms. The summed E-state index contributed by atoms with van der Waals surface area (Å²) in [4.78, 5) is 18.1. The van der Waals surface area contributed by atoms with Crippen molar-refractivity contribution >= 4 is 17.4 Å². The summed E-state index contributed by atoms with van der Waals surface area (Å²) in [6.45, 7) is 0. The topological polar surface area (TPSA) is 120 Å². The fourth-order valence-corrected chi connectivity index (χ4v) is 3.26. The standard InChI is InChI=1S/C21H19N3O5/c1-27-20(26)21(12-17(24-29-21)14-8-5-9-15(22)10-14)19(25)18-11-16(23-28-18)13-6-3-2-4-7-13/h2-11,19,25H,12,22H2,1H3. The van der Waals surface area contributed by atoms with Crippen molar-refractivity contribution in [2.75, 3.05) is 12.8 Å². The summed E-state index contributed by atoms with van der Waals surface area (Å²) in [6, 6.07) is 17.9. The summed E-state index contributed by atoms with van der Waals surface area (Å²) >= 11 is 0. The fourth-order valence-electron chi connectivity index (χ4n) is 3.26. The molecule has 0 spiro atoms. The van der Waals surface area contributed by atoms with Crippen molar-refractivity contribution in [3.05, 3.63) is 72.0 Å². The van der Waals surface area contributed by atoms with Crippen molar-refractivity contribution in [2.45, 2.75) is 18.1 Å². The van der Waals surface area contributed by atoms with E-state index >= 15 is 0 Å². The van der Waals surface area contributed by atoms with Crippen LogP contribution in [0.3, 0.4) is 0 Å². The number of aliphatic hydroxyl groups is 1. The lowest BCUT2D eigenvalue weighted by Gasteiger charge is -2.26. The smallest absolute Gasteiger partial charge is 0.356 e. The molecule has 0 aliphatic carbocycles. The Morgan fingerprint density at radius 1 is 1.17 bits per heavy atom. The molecule has 2 atom stereocenters. The third-order valence-electron chi connectivity index (χ3n) is 4.81. The molecule has 148 valence electrons. The maximum Gasteiger partial charge on any atom is 0.356 e. The molecule has 4 rings (SSSR count). The van der Waals surface area contributed by atoms with Gasteiger partial charge in [0.1, 0.15) is 5.69 Å². The summed E-state index contributed by atoms with van der Waals surface area (Å²) in [5, 5.41) is 19.0. The molecule has 0 bridgehead atoms. The molecule has 2 unspecified atom stereocenters. The number of benzene rings is 2. The maximum absolute atomic E-state index is 12.6. The predicted molar refractivity (Wildman–Crippen MR) is 105 cm³/mol. The molecule has 3 aromatic rings. The monoisotopic (exact) mass is 393 g/mol. The molecule has 1 aliphatic rings. The van der Waals surface area contributed by atoms with Crippen molar-refractivity contribution in [3.8, 4) is 11.3 Å². The number of anilines is 1. The highest BCUT2D eigenvalue weighted by Gasteiger charge is 2.56. The van der Waals surface area contributed by atoms with Crippen LogP contribution in [0.25, 0.3) is 11.3 Å². The van der Waals surface area contributed by atoms with Crippen molar-refractivity contribution in [2.24, 2.45) is 5.16 Å². The van der Waals surface area contributed by atoms with E-state index in [0.717, 1.165) is 5.56 Å². The third kappa shape index (κ3) is 3.34. The van der Waals surface area contributed by atoms with Gasteiger partial charge in [-0.1, -0.05) is 52.8 Å². The molecule has 2 heterocycles. The Hall–Kier alpha value is -3.65. The highest BCUT2D eigenvalue weighted by atomic mass is 16.7. The lowest BCUT2D eigenvalue weighted by atomic mass is 9.87. The van der Waals surface area contributed by atoms with Gasteiger partial charge in [0.15, 0.2) is 11.9 Å². The summed E-state index contributed by atoms with van der Waals surface area (Å²) in [6.07, 6.45) is -1.51. The summed E-state index contributed by atoms with van der Waals surface area (Å²) < 4.78 is 10.2. The molecule has 0 fully saturated rings. The lowest BCUT2D eigenvalue weighted by molar-refractivity contribution is -0.184. The number of nitrogens with two attached hydrogens (primary N) is 1. The van der Waals surface area contributed by atoms with Crippen LogP contribution in [0.5, 0.6) is 0 Å². The Morgan fingerprint density at radius 2 is 1.93 bits per heavy atom. The van der Waals surface area contributed by atoms with Gasteiger partial charge in [0.05, 0.1) is 19.2 Å². The Labute approximate surface area is 166 Å². The van der Waals surface area contributed by atoms with Crippen LogP contribution in [0, 0.1) is 0 Å². The van der Waals surface area contributed by atoms with E-state index in [9.17, 15) is 9.90 Å². The third-order valence-corrected chi connectivity index (χ3v) is 4.81. The van der Waals surface area contributed by atoms with Gasteiger partial charge in [-0.3, -0.25) is 0 Å². The van der Waals surface area contributed by atoms with Crippen molar-refractivity contribution in [3.63, 3.8) is 0 Å². The molecule has 0 amide bonds. The first-order valence-electron chi connectivity index (χ1n) is 8.93.